The number of fused-ring (bicyclic) bond motifs is 1. The Morgan fingerprint density at radius 1 is 1.39 bits per heavy atom. The van der Waals surface area contributed by atoms with Crippen LogP contribution in [0.25, 0.3) is 10.9 Å². The van der Waals surface area contributed by atoms with Gasteiger partial charge in [0.15, 0.2) is 0 Å². The summed E-state index contributed by atoms with van der Waals surface area (Å²) in [7, 11) is 0. The first-order valence-electron chi connectivity index (χ1n) is 6.29. The molecule has 1 amide bonds. The molecule has 0 saturated carbocycles. The minimum absolute atomic E-state index is 0.0129. The number of carbonyl (C=O) groups is 1. The predicted molar refractivity (Wildman–Crippen MR) is 69.4 cm³/mol. The van der Waals surface area contributed by atoms with Crippen molar-refractivity contribution in [2.24, 2.45) is 0 Å². The standard InChI is InChI=1S/C14H16N2O2/c17-10-3-2-8-16(9-10)14(18)12-4-1-5-13-11(12)6-7-15-13/h1,4-7,10,15,17H,2-3,8-9H2/t10-/m0/s1. The average Bonchev–Trinajstić information content (AvgIpc) is 2.86. The number of nitrogens with one attached hydrogen (secondary N) is 1. The van der Waals surface area contributed by atoms with E-state index in [1.54, 1.807) is 4.90 Å². The number of aromatic nitrogens is 1. The molecule has 1 saturated heterocycles. The third kappa shape index (κ3) is 1.88. The van der Waals surface area contributed by atoms with E-state index in [0.29, 0.717) is 12.1 Å². The molecular weight excluding hydrogens is 228 g/mol. The Labute approximate surface area is 105 Å². The van der Waals surface area contributed by atoms with Crippen LogP contribution in [0.4, 0.5) is 0 Å². The van der Waals surface area contributed by atoms with Crippen LogP contribution in [0.1, 0.15) is 23.2 Å². The maximum absolute atomic E-state index is 12.5. The lowest BCUT2D eigenvalue weighted by Crippen LogP contribution is -2.42. The van der Waals surface area contributed by atoms with Crippen molar-refractivity contribution in [2.45, 2.75) is 18.9 Å². The number of hydrogen-bond acceptors (Lipinski definition) is 2. The quantitative estimate of drug-likeness (QED) is 0.803. The highest BCUT2D eigenvalue weighted by molar-refractivity contribution is 6.06. The monoisotopic (exact) mass is 244 g/mol. The lowest BCUT2D eigenvalue weighted by Gasteiger charge is -2.30. The minimum atomic E-state index is -0.381. The number of carbonyl (C=O) groups excluding carboxylic acids is 1. The molecule has 4 nitrogen and oxygen atoms in total. The molecule has 1 aromatic heterocycles. The fourth-order valence-electron chi connectivity index (χ4n) is 2.58. The van der Waals surface area contributed by atoms with Crippen LogP contribution in [0.15, 0.2) is 30.5 Å². The Hall–Kier alpha value is -1.81. The highest BCUT2D eigenvalue weighted by Gasteiger charge is 2.24. The molecule has 0 unspecified atom stereocenters. The molecule has 94 valence electrons. The highest BCUT2D eigenvalue weighted by Crippen LogP contribution is 2.21. The van der Waals surface area contributed by atoms with E-state index in [9.17, 15) is 9.90 Å². The summed E-state index contributed by atoms with van der Waals surface area (Å²) in [6.45, 7) is 1.18. The zero-order valence-corrected chi connectivity index (χ0v) is 10.1. The van der Waals surface area contributed by atoms with Crippen molar-refractivity contribution in [1.29, 1.82) is 0 Å². The fourth-order valence-corrected chi connectivity index (χ4v) is 2.58. The van der Waals surface area contributed by atoms with Crippen LogP contribution in [0.2, 0.25) is 0 Å². The normalized spacial score (nSPS) is 20.3. The maximum atomic E-state index is 12.5. The maximum Gasteiger partial charge on any atom is 0.254 e. The first kappa shape index (κ1) is 11.3. The number of H-pyrrole nitrogens is 1. The lowest BCUT2D eigenvalue weighted by molar-refractivity contribution is 0.0475. The van der Waals surface area contributed by atoms with Gasteiger partial charge in [-0.25, -0.2) is 0 Å². The zero-order valence-electron chi connectivity index (χ0n) is 10.1. The van der Waals surface area contributed by atoms with Gasteiger partial charge in [-0.2, -0.15) is 0 Å². The summed E-state index contributed by atoms with van der Waals surface area (Å²) < 4.78 is 0. The van der Waals surface area contributed by atoms with Gasteiger partial charge in [0.1, 0.15) is 0 Å². The number of β-amino-alcohol motifs (C(OH)–C–C–N with tert-alkyl or cyclic N) is 1. The summed E-state index contributed by atoms with van der Waals surface area (Å²) in [5.41, 5.74) is 1.68. The van der Waals surface area contributed by atoms with E-state index in [-0.39, 0.29) is 12.0 Å². The Balaban J connectivity index is 1.94. The van der Waals surface area contributed by atoms with E-state index in [4.69, 9.17) is 0 Å². The van der Waals surface area contributed by atoms with E-state index in [2.05, 4.69) is 4.98 Å². The predicted octanol–water partition coefficient (Wildman–Crippen LogP) is 1.76. The van der Waals surface area contributed by atoms with E-state index >= 15 is 0 Å². The van der Waals surface area contributed by atoms with E-state index in [0.717, 1.165) is 30.3 Å². The Morgan fingerprint density at radius 3 is 3.11 bits per heavy atom. The Morgan fingerprint density at radius 2 is 2.28 bits per heavy atom. The lowest BCUT2D eigenvalue weighted by atomic mass is 10.0. The second kappa shape index (κ2) is 4.46. The van der Waals surface area contributed by atoms with Gasteiger partial charge in [-0.15, -0.1) is 0 Å². The first-order chi connectivity index (χ1) is 8.75. The van der Waals surface area contributed by atoms with Crippen molar-refractivity contribution in [3.8, 4) is 0 Å². The molecule has 3 rings (SSSR count). The van der Waals surface area contributed by atoms with Gasteiger partial charge >= 0.3 is 0 Å². The zero-order chi connectivity index (χ0) is 12.5. The number of rotatable bonds is 1. The van der Waals surface area contributed by atoms with Crippen LogP contribution >= 0.6 is 0 Å². The van der Waals surface area contributed by atoms with Crippen molar-refractivity contribution in [3.05, 3.63) is 36.0 Å². The third-order valence-electron chi connectivity index (χ3n) is 3.51. The molecule has 0 aliphatic carbocycles. The number of aromatic amines is 1. The van der Waals surface area contributed by atoms with Crippen LogP contribution in [-0.4, -0.2) is 40.1 Å². The Bertz CT molecular complexity index is 576. The van der Waals surface area contributed by atoms with Gasteiger partial charge in [-0.3, -0.25) is 4.79 Å². The molecule has 0 radical (unpaired) electrons. The van der Waals surface area contributed by atoms with Crippen molar-refractivity contribution in [2.75, 3.05) is 13.1 Å². The number of amides is 1. The number of nitrogens with zero attached hydrogens (tertiary/aromatic N) is 1. The number of piperidine rings is 1. The number of hydrogen-bond donors (Lipinski definition) is 2. The molecule has 0 spiro atoms. The van der Waals surface area contributed by atoms with Crippen molar-refractivity contribution < 1.29 is 9.90 Å². The van der Waals surface area contributed by atoms with E-state index < -0.39 is 0 Å². The summed E-state index contributed by atoms with van der Waals surface area (Å²) in [6, 6.07) is 7.60. The second-order valence-electron chi connectivity index (χ2n) is 4.79. The first-order valence-corrected chi connectivity index (χ1v) is 6.29. The molecule has 1 aliphatic rings. The third-order valence-corrected chi connectivity index (χ3v) is 3.51. The van der Waals surface area contributed by atoms with Crippen molar-refractivity contribution >= 4 is 16.8 Å². The summed E-state index contributed by atoms with van der Waals surface area (Å²) in [5.74, 6) is 0.0129. The fraction of sp³-hybridized carbons (Fsp3) is 0.357. The van der Waals surface area contributed by atoms with Gasteiger partial charge in [0.2, 0.25) is 0 Å². The molecule has 1 fully saturated rings. The van der Waals surface area contributed by atoms with Gasteiger partial charge in [-0.1, -0.05) is 6.07 Å². The molecule has 1 atom stereocenters. The highest BCUT2D eigenvalue weighted by atomic mass is 16.3. The largest absolute Gasteiger partial charge is 0.391 e. The molecule has 18 heavy (non-hydrogen) atoms. The van der Waals surface area contributed by atoms with Crippen molar-refractivity contribution in [3.63, 3.8) is 0 Å². The number of benzene rings is 1. The van der Waals surface area contributed by atoms with Gasteiger partial charge < -0.3 is 15.0 Å². The molecule has 2 N–H and O–H groups in total. The Kier molecular flexibility index (Phi) is 2.80. The van der Waals surface area contributed by atoms with Gasteiger partial charge in [0.25, 0.3) is 5.91 Å². The van der Waals surface area contributed by atoms with Gasteiger partial charge in [-0.05, 0) is 31.0 Å². The van der Waals surface area contributed by atoms with Crippen LogP contribution in [0.5, 0.6) is 0 Å². The van der Waals surface area contributed by atoms with Crippen LogP contribution in [0.3, 0.4) is 0 Å². The molecule has 0 bridgehead atoms. The van der Waals surface area contributed by atoms with E-state index in [1.165, 1.54) is 0 Å². The van der Waals surface area contributed by atoms with Crippen molar-refractivity contribution in [1.82, 2.24) is 9.88 Å². The number of likely N-dealkylation sites (tertiary alicyclic amines) is 1. The molecule has 1 aromatic carbocycles. The molecular formula is C14H16N2O2. The van der Waals surface area contributed by atoms with Crippen LogP contribution < -0.4 is 0 Å². The van der Waals surface area contributed by atoms with E-state index in [1.807, 2.05) is 30.5 Å². The molecule has 2 heterocycles. The summed E-state index contributed by atoms with van der Waals surface area (Å²) in [6.07, 6.45) is 3.12. The van der Waals surface area contributed by atoms with Gasteiger partial charge in [0.05, 0.1) is 6.10 Å². The summed E-state index contributed by atoms with van der Waals surface area (Å²) in [5, 5.41) is 10.6. The molecule has 4 heteroatoms. The minimum Gasteiger partial charge on any atom is -0.391 e. The SMILES string of the molecule is O=C(c1cccc2[nH]ccc12)N1CCC[C@H](O)C1. The summed E-state index contributed by atoms with van der Waals surface area (Å²) >= 11 is 0. The van der Waals surface area contributed by atoms with Crippen LogP contribution in [0, 0.1) is 0 Å². The summed E-state index contributed by atoms with van der Waals surface area (Å²) in [4.78, 5) is 17.3. The number of aliphatic hydroxyl groups is 1. The van der Waals surface area contributed by atoms with Crippen LogP contribution in [-0.2, 0) is 0 Å². The topological polar surface area (TPSA) is 56.3 Å². The molecule has 2 aromatic rings. The average molecular weight is 244 g/mol. The number of aliphatic hydroxyl groups excluding tert-OH is 1. The molecule has 1 aliphatic heterocycles. The second-order valence-corrected chi connectivity index (χ2v) is 4.79. The van der Waals surface area contributed by atoms with Gasteiger partial charge in [0, 0.05) is 35.8 Å². The smallest absolute Gasteiger partial charge is 0.254 e.